The van der Waals surface area contributed by atoms with Crippen molar-refractivity contribution in [1.82, 2.24) is 14.9 Å². The summed E-state index contributed by atoms with van der Waals surface area (Å²) in [5, 5.41) is 9.02. The van der Waals surface area contributed by atoms with Crippen molar-refractivity contribution in [1.29, 1.82) is 5.26 Å². The number of aromatic nitrogens is 2. The second kappa shape index (κ2) is 7.38. The number of hydrogen-bond donors (Lipinski definition) is 1. The number of nitrogens with one attached hydrogen (secondary N) is 1. The van der Waals surface area contributed by atoms with E-state index >= 15 is 0 Å². The van der Waals surface area contributed by atoms with Crippen LogP contribution in [0, 0.1) is 11.3 Å². The highest BCUT2D eigenvalue weighted by Crippen LogP contribution is 2.35. The van der Waals surface area contributed by atoms with Crippen LogP contribution in [-0.4, -0.2) is 21.4 Å². The summed E-state index contributed by atoms with van der Waals surface area (Å²) in [6, 6.07) is 19.2. The predicted molar refractivity (Wildman–Crippen MR) is 106 cm³/mol. The summed E-state index contributed by atoms with van der Waals surface area (Å²) >= 11 is 0. The number of benzene rings is 2. The van der Waals surface area contributed by atoms with Crippen molar-refractivity contribution >= 4 is 0 Å². The van der Waals surface area contributed by atoms with Crippen molar-refractivity contribution in [3.8, 4) is 6.07 Å². The maximum Gasteiger partial charge on any atom is 0.0991 e. The molecule has 3 aromatic rings. The fourth-order valence-corrected chi connectivity index (χ4v) is 3.85. The summed E-state index contributed by atoms with van der Waals surface area (Å²) in [5.41, 5.74) is 6.93. The van der Waals surface area contributed by atoms with Gasteiger partial charge in [-0.25, -0.2) is 4.98 Å². The van der Waals surface area contributed by atoms with Gasteiger partial charge in [0, 0.05) is 25.2 Å². The minimum Gasteiger partial charge on any atom is -0.348 e. The van der Waals surface area contributed by atoms with Gasteiger partial charge in [-0.15, -0.1) is 0 Å². The van der Waals surface area contributed by atoms with Crippen molar-refractivity contribution in [3.05, 3.63) is 88.5 Å². The lowest BCUT2D eigenvalue weighted by atomic mass is 9.93. The molecular weight excluding hydrogens is 332 g/mol. The first-order chi connectivity index (χ1) is 13.2. The Morgan fingerprint density at radius 3 is 2.56 bits per heavy atom. The molecule has 0 radical (unpaired) electrons. The van der Waals surface area contributed by atoms with E-state index in [2.05, 4.69) is 71.2 Å². The number of nitriles is 1. The molecule has 4 rings (SSSR count). The summed E-state index contributed by atoms with van der Waals surface area (Å²) < 4.78 is 0. The van der Waals surface area contributed by atoms with E-state index in [4.69, 9.17) is 5.26 Å². The zero-order valence-corrected chi connectivity index (χ0v) is 15.8. The molecule has 1 N–H and O–H groups in total. The van der Waals surface area contributed by atoms with E-state index < -0.39 is 0 Å². The highest BCUT2D eigenvalue weighted by molar-refractivity contribution is 5.36. The van der Waals surface area contributed by atoms with Gasteiger partial charge in [-0.2, -0.15) is 5.26 Å². The Morgan fingerprint density at radius 1 is 1.15 bits per heavy atom. The number of hydrogen-bond acceptors (Lipinski definition) is 3. The molecule has 1 aliphatic heterocycles. The van der Waals surface area contributed by atoms with Crippen LogP contribution in [0.5, 0.6) is 0 Å². The van der Waals surface area contributed by atoms with Crippen LogP contribution >= 0.6 is 0 Å². The van der Waals surface area contributed by atoms with Crippen LogP contribution in [-0.2, 0) is 13.0 Å². The van der Waals surface area contributed by atoms with E-state index in [-0.39, 0.29) is 6.04 Å². The Balaban J connectivity index is 1.66. The molecule has 2 heterocycles. The third-order valence-electron chi connectivity index (χ3n) is 5.41. The molecule has 0 spiro atoms. The van der Waals surface area contributed by atoms with Gasteiger partial charge in [-0.3, -0.25) is 4.90 Å². The standard InChI is InChI=1S/C23H24N4/c1-16(2)19-7-9-20(10-8-19)23-22-21(25-15-26-22)11-12-27(23)14-18-5-3-17(13-24)4-6-18/h3-10,15-16,23H,11-12,14H2,1-2H3,(H,25,26). The number of aromatic amines is 1. The van der Waals surface area contributed by atoms with Crippen LogP contribution in [0.3, 0.4) is 0 Å². The molecule has 1 unspecified atom stereocenters. The minimum atomic E-state index is 0.150. The van der Waals surface area contributed by atoms with E-state index in [0.717, 1.165) is 25.2 Å². The Kier molecular flexibility index (Phi) is 4.79. The monoisotopic (exact) mass is 356 g/mol. The second-order valence-electron chi connectivity index (χ2n) is 7.52. The third kappa shape index (κ3) is 3.51. The van der Waals surface area contributed by atoms with Crippen LogP contribution in [0.25, 0.3) is 0 Å². The van der Waals surface area contributed by atoms with Gasteiger partial charge in [0.2, 0.25) is 0 Å². The van der Waals surface area contributed by atoms with Crippen LogP contribution in [0.1, 0.15) is 59.4 Å². The molecule has 4 heteroatoms. The summed E-state index contributed by atoms with van der Waals surface area (Å²) in [5.74, 6) is 0.529. The Morgan fingerprint density at radius 2 is 1.89 bits per heavy atom. The van der Waals surface area contributed by atoms with Gasteiger partial charge in [0.15, 0.2) is 0 Å². The number of fused-ring (bicyclic) bond motifs is 1. The smallest absolute Gasteiger partial charge is 0.0991 e. The van der Waals surface area contributed by atoms with Gasteiger partial charge in [-0.05, 0) is 34.7 Å². The first-order valence-corrected chi connectivity index (χ1v) is 9.51. The maximum atomic E-state index is 9.02. The van der Waals surface area contributed by atoms with Crippen molar-refractivity contribution in [3.63, 3.8) is 0 Å². The number of imidazole rings is 1. The molecule has 2 aromatic carbocycles. The normalized spacial score (nSPS) is 16.9. The fraction of sp³-hybridized carbons (Fsp3) is 0.304. The van der Waals surface area contributed by atoms with Gasteiger partial charge in [0.05, 0.1) is 29.7 Å². The van der Waals surface area contributed by atoms with Crippen molar-refractivity contribution in [2.45, 2.75) is 38.8 Å². The molecule has 1 aliphatic rings. The number of H-pyrrole nitrogens is 1. The lowest BCUT2D eigenvalue weighted by Crippen LogP contribution is -2.35. The second-order valence-corrected chi connectivity index (χ2v) is 7.52. The Bertz CT molecular complexity index is 945. The van der Waals surface area contributed by atoms with Gasteiger partial charge in [-0.1, -0.05) is 50.2 Å². The molecule has 0 aliphatic carbocycles. The van der Waals surface area contributed by atoms with Gasteiger partial charge in [0.25, 0.3) is 0 Å². The minimum absolute atomic E-state index is 0.150. The van der Waals surface area contributed by atoms with E-state index in [1.807, 2.05) is 18.5 Å². The van der Waals surface area contributed by atoms with Gasteiger partial charge < -0.3 is 4.98 Å². The van der Waals surface area contributed by atoms with Gasteiger partial charge in [0.1, 0.15) is 0 Å². The predicted octanol–water partition coefficient (Wildman–Crippen LogP) is 4.55. The summed E-state index contributed by atoms with van der Waals surface area (Å²) in [4.78, 5) is 10.4. The van der Waals surface area contributed by atoms with Gasteiger partial charge >= 0.3 is 0 Å². The van der Waals surface area contributed by atoms with Crippen LogP contribution in [0.4, 0.5) is 0 Å². The molecule has 0 fully saturated rings. The van der Waals surface area contributed by atoms with E-state index in [9.17, 15) is 0 Å². The highest BCUT2D eigenvalue weighted by Gasteiger charge is 2.30. The first-order valence-electron chi connectivity index (χ1n) is 9.51. The largest absolute Gasteiger partial charge is 0.348 e. The number of nitrogens with zero attached hydrogens (tertiary/aromatic N) is 3. The molecule has 4 nitrogen and oxygen atoms in total. The molecule has 1 atom stereocenters. The molecule has 27 heavy (non-hydrogen) atoms. The molecule has 0 bridgehead atoms. The van der Waals surface area contributed by atoms with Crippen LogP contribution in [0.15, 0.2) is 54.9 Å². The van der Waals surface area contributed by atoms with Crippen molar-refractivity contribution in [2.75, 3.05) is 6.54 Å². The van der Waals surface area contributed by atoms with Crippen molar-refractivity contribution in [2.24, 2.45) is 0 Å². The summed E-state index contributed by atoms with van der Waals surface area (Å²) in [6.07, 6.45) is 2.79. The fourth-order valence-electron chi connectivity index (χ4n) is 3.85. The number of rotatable bonds is 4. The Labute approximate surface area is 160 Å². The molecule has 0 saturated heterocycles. The highest BCUT2D eigenvalue weighted by atomic mass is 15.2. The lowest BCUT2D eigenvalue weighted by molar-refractivity contribution is 0.200. The topological polar surface area (TPSA) is 55.7 Å². The zero-order chi connectivity index (χ0) is 18.8. The molecule has 1 aromatic heterocycles. The van der Waals surface area contributed by atoms with E-state index in [1.54, 1.807) is 0 Å². The molecule has 136 valence electrons. The van der Waals surface area contributed by atoms with E-state index in [0.29, 0.717) is 11.5 Å². The summed E-state index contributed by atoms with van der Waals surface area (Å²) in [7, 11) is 0. The van der Waals surface area contributed by atoms with Crippen molar-refractivity contribution < 1.29 is 0 Å². The lowest BCUT2D eigenvalue weighted by Gasteiger charge is -2.35. The Hall–Kier alpha value is -2.90. The average molecular weight is 356 g/mol. The third-order valence-corrected chi connectivity index (χ3v) is 5.41. The zero-order valence-electron chi connectivity index (χ0n) is 15.8. The first kappa shape index (κ1) is 17.5. The molecule has 0 amide bonds. The average Bonchev–Trinajstić information content (AvgIpc) is 3.17. The van der Waals surface area contributed by atoms with Crippen LogP contribution in [0.2, 0.25) is 0 Å². The summed E-state index contributed by atoms with van der Waals surface area (Å²) in [6.45, 7) is 6.26. The quantitative estimate of drug-likeness (QED) is 0.746. The maximum absolute atomic E-state index is 9.02. The SMILES string of the molecule is CC(C)c1ccc(C2c3nc[nH]c3CCN2Cc2ccc(C#N)cc2)cc1. The van der Waals surface area contributed by atoms with E-state index in [1.165, 1.54) is 22.4 Å². The van der Waals surface area contributed by atoms with Crippen LogP contribution < -0.4 is 0 Å². The molecule has 0 saturated carbocycles. The molecular formula is C23H24N4.